The first-order valence-corrected chi connectivity index (χ1v) is 9.02. The third kappa shape index (κ3) is 6.55. The number of methoxy groups -OCH3 is 1. The van der Waals surface area contributed by atoms with E-state index in [2.05, 4.69) is 4.90 Å². The molecule has 2 rings (SSSR count). The number of rotatable bonds is 10. The fourth-order valence-electron chi connectivity index (χ4n) is 2.78. The van der Waals surface area contributed by atoms with E-state index in [-0.39, 0.29) is 5.97 Å². The van der Waals surface area contributed by atoms with Crippen LogP contribution < -0.4 is 9.47 Å². The van der Waals surface area contributed by atoms with Gasteiger partial charge in [-0.05, 0) is 51.1 Å². The van der Waals surface area contributed by atoms with E-state index in [0.29, 0.717) is 43.5 Å². The molecule has 6 heteroatoms. The third-order valence-electron chi connectivity index (χ3n) is 4.11. The normalized spacial score (nSPS) is 15.0. The van der Waals surface area contributed by atoms with Crippen molar-refractivity contribution in [3.05, 3.63) is 23.8 Å². The average molecular weight is 351 g/mol. The van der Waals surface area contributed by atoms with Gasteiger partial charge in [0.15, 0.2) is 11.5 Å². The third-order valence-corrected chi connectivity index (χ3v) is 4.11. The van der Waals surface area contributed by atoms with Gasteiger partial charge in [0.05, 0.1) is 18.8 Å². The molecule has 1 aliphatic rings. The number of carbonyl (C=O) groups is 1. The zero-order valence-corrected chi connectivity index (χ0v) is 15.3. The summed E-state index contributed by atoms with van der Waals surface area (Å²) in [5.74, 6) is 0.821. The number of hydrogen-bond acceptors (Lipinski definition) is 6. The lowest BCUT2D eigenvalue weighted by atomic mass is 10.1. The van der Waals surface area contributed by atoms with Gasteiger partial charge in [0.1, 0.15) is 13.2 Å². The second kappa shape index (κ2) is 10.9. The fourth-order valence-corrected chi connectivity index (χ4v) is 2.78. The van der Waals surface area contributed by atoms with E-state index in [1.807, 2.05) is 0 Å². The van der Waals surface area contributed by atoms with Gasteiger partial charge in [-0.25, -0.2) is 4.79 Å². The van der Waals surface area contributed by atoms with Crippen molar-refractivity contribution < 1.29 is 23.7 Å². The highest BCUT2D eigenvalue weighted by molar-refractivity contribution is 5.90. The van der Waals surface area contributed by atoms with E-state index in [4.69, 9.17) is 18.9 Å². The number of piperidine rings is 1. The minimum Gasteiger partial charge on any atom is -0.488 e. The lowest BCUT2D eigenvalue weighted by Gasteiger charge is -2.26. The number of likely N-dealkylation sites (tertiary alicyclic amines) is 1. The second-order valence-corrected chi connectivity index (χ2v) is 5.97. The number of ether oxygens (including phenoxy) is 4. The number of benzene rings is 1. The Labute approximate surface area is 150 Å². The molecule has 0 aliphatic carbocycles. The van der Waals surface area contributed by atoms with Crippen LogP contribution >= 0.6 is 0 Å². The molecule has 0 radical (unpaired) electrons. The van der Waals surface area contributed by atoms with Gasteiger partial charge in [0.2, 0.25) is 0 Å². The van der Waals surface area contributed by atoms with Crippen molar-refractivity contribution in [2.75, 3.05) is 53.2 Å². The first kappa shape index (κ1) is 19.5. The van der Waals surface area contributed by atoms with E-state index in [1.165, 1.54) is 19.3 Å². The van der Waals surface area contributed by atoms with Crippen LogP contribution in [0.4, 0.5) is 0 Å². The van der Waals surface area contributed by atoms with Gasteiger partial charge < -0.3 is 18.9 Å². The molecule has 0 bridgehead atoms. The van der Waals surface area contributed by atoms with Crippen molar-refractivity contribution in [3.8, 4) is 11.5 Å². The summed E-state index contributed by atoms with van der Waals surface area (Å²) in [5, 5.41) is 0. The van der Waals surface area contributed by atoms with Crippen molar-refractivity contribution in [1.82, 2.24) is 4.90 Å². The van der Waals surface area contributed by atoms with Gasteiger partial charge in [-0.15, -0.1) is 0 Å². The lowest BCUT2D eigenvalue weighted by Crippen LogP contribution is -2.33. The minimum atomic E-state index is -0.362. The van der Waals surface area contributed by atoms with Gasteiger partial charge in [0.25, 0.3) is 0 Å². The number of nitrogens with zero attached hydrogens (tertiary/aromatic N) is 1. The van der Waals surface area contributed by atoms with E-state index in [9.17, 15) is 4.79 Å². The van der Waals surface area contributed by atoms with Gasteiger partial charge in [-0.1, -0.05) is 6.42 Å². The number of hydrogen-bond donors (Lipinski definition) is 0. The molecule has 0 unspecified atom stereocenters. The summed E-state index contributed by atoms with van der Waals surface area (Å²) in [5.41, 5.74) is 0.456. The molecule has 1 fully saturated rings. The van der Waals surface area contributed by atoms with Gasteiger partial charge in [-0.3, -0.25) is 4.90 Å². The van der Waals surface area contributed by atoms with Crippen LogP contribution in [0.25, 0.3) is 0 Å². The zero-order chi connectivity index (χ0) is 17.9. The molecule has 25 heavy (non-hydrogen) atoms. The Bertz CT molecular complexity index is 529. The highest BCUT2D eigenvalue weighted by atomic mass is 16.5. The quantitative estimate of drug-likeness (QED) is 0.477. The van der Waals surface area contributed by atoms with E-state index < -0.39 is 0 Å². The first-order valence-electron chi connectivity index (χ1n) is 9.02. The van der Waals surface area contributed by atoms with Crippen molar-refractivity contribution in [3.63, 3.8) is 0 Å². The van der Waals surface area contributed by atoms with Crippen molar-refractivity contribution in [1.29, 1.82) is 0 Å². The van der Waals surface area contributed by atoms with Crippen molar-refractivity contribution in [2.24, 2.45) is 0 Å². The van der Waals surface area contributed by atoms with Crippen LogP contribution in [0.1, 0.15) is 36.5 Å². The molecule has 1 saturated heterocycles. The Morgan fingerprint density at radius 1 is 1.04 bits per heavy atom. The maximum absolute atomic E-state index is 11.9. The largest absolute Gasteiger partial charge is 0.488 e. The second-order valence-electron chi connectivity index (χ2n) is 5.97. The van der Waals surface area contributed by atoms with Crippen LogP contribution in [0.15, 0.2) is 18.2 Å². The molecule has 1 aliphatic heterocycles. The van der Waals surface area contributed by atoms with Crippen LogP contribution in [-0.4, -0.2) is 64.0 Å². The van der Waals surface area contributed by atoms with Crippen LogP contribution in [0, 0.1) is 0 Å². The van der Waals surface area contributed by atoms with Crippen LogP contribution in [-0.2, 0) is 9.47 Å². The Balaban J connectivity index is 1.96. The SMILES string of the molecule is CCOC(=O)c1ccc(OCCN2CCCCC2)c(OCCOC)c1. The number of esters is 1. The summed E-state index contributed by atoms with van der Waals surface area (Å²) in [6.45, 7) is 6.77. The van der Waals surface area contributed by atoms with Gasteiger partial charge in [0, 0.05) is 13.7 Å². The van der Waals surface area contributed by atoms with Crippen LogP contribution in [0.2, 0.25) is 0 Å². The smallest absolute Gasteiger partial charge is 0.338 e. The molecule has 0 N–H and O–H groups in total. The molecule has 1 aromatic carbocycles. The molecular weight excluding hydrogens is 322 g/mol. The summed E-state index contributed by atoms with van der Waals surface area (Å²) >= 11 is 0. The summed E-state index contributed by atoms with van der Waals surface area (Å²) in [6, 6.07) is 5.14. The Morgan fingerprint density at radius 3 is 2.52 bits per heavy atom. The molecule has 6 nitrogen and oxygen atoms in total. The fraction of sp³-hybridized carbons (Fsp3) is 0.632. The Morgan fingerprint density at radius 2 is 1.80 bits per heavy atom. The molecule has 0 atom stereocenters. The predicted octanol–water partition coefficient (Wildman–Crippen LogP) is 2.75. The van der Waals surface area contributed by atoms with Crippen LogP contribution in [0.5, 0.6) is 11.5 Å². The van der Waals surface area contributed by atoms with E-state index in [1.54, 1.807) is 32.2 Å². The zero-order valence-electron chi connectivity index (χ0n) is 15.3. The highest BCUT2D eigenvalue weighted by Gasteiger charge is 2.14. The molecule has 0 saturated carbocycles. The highest BCUT2D eigenvalue weighted by Crippen LogP contribution is 2.29. The minimum absolute atomic E-state index is 0.340. The van der Waals surface area contributed by atoms with E-state index >= 15 is 0 Å². The topological polar surface area (TPSA) is 57.2 Å². The molecule has 0 amide bonds. The summed E-state index contributed by atoms with van der Waals surface area (Å²) < 4.78 is 21.7. The summed E-state index contributed by atoms with van der Waals surface area (Å²) in [7, 11) is 1.62. The molecule has 140 valence electrons. The van der Waals surface area contributed by atoms with Crippen molar-refractivity contribution in [2.45, 2.75) is 26.2 Å². The van der Waals surface area contributed by atoms with Gasteiger partial charge in [-0.2, -0.15) is 0 Å². The molecular formula is C19H29NO5. The number of carbonyl (C=O) groups excluding carboxylic acids is 1. The Hall–Kier alpha value is -1.79. The first-order chi connectivity index (χ1) is 12.2. The molecule has 0 aromatic heterocycles. The molecule has 0 spiro atoms. The summed E-state index contributed by atoms with van der Waals surface area (Å²) in [4.78, 5) is 14.3. The maximum Gasteiger partial charge on any atom is 0.338 e. The summed E-state index contributed by atoms with van der Waals surface area (Å²) in [6.07, 6.45) is 3.85. The molecule has 1 heterocycles. The lowest BCUT2D eigenvalue weighted by molar-refractivity contribution is 0.0525. The van der Waals surface area contributed by atoms with Gasteiger partial charge >= 0.3 is 5.97 Å². The molecule has 1 aromatic rings. The standard InChI is InChI=1S/C19H29NO5/c1-3-23-19(21)16-7-8-17(18(15-16)25-14-13-22-2)24-12-11-20-9-5-4-6-10-20/h7-8,15H,3-6,9-14H2,1-2H3. The monoisotopic (exact) mass is 351 g/mol. The average Bonchev–Trinajstić information content (AvgIpc) is 2.64. The van der Waals surface area contributed by atoms with Crippen LogP contribution in [0.3, 0.4) is 0 Å². The van der Waals surface area contributed by atoms with Crippen molar-refractivity contribution >= 4 is 5.97 Å². The van der Waals surface area contributed by atoms with E-state index in [0.717, 1.165) is 19.6 Å². The maximum atomic E-state index is 11.9. The Kier molecular flexibility index (Phi) is 8.55. The predicted molar refractivity (Wildman–Crippen MR) is 95.6 cm³/mol.